The summed E-state index contributed by atoms with van der Waals surface area (Å²) in [4.78, 5) is 24.4. The van der Waals surface area contributed by atoms with Gasteiger partial charge in [0.1, 0.15) is 12.2 Å². The summed E-state index contributed by atoms with van der Waals surface area (Å²) in [5, 5.41) is 4.09. The van der Waals surface area contributed by atoms with Gasteiger partial charge >= 0.3 is 0 Å². The molecule has 0 aliphatic rings. The van der Waals surface area contributed by atoms with Crippen molar-refractivity contribution in [2.75, 3.05) is 5.73 Å². The number of ether oxygens (including phenoxy) is 1. The van der Waals surface area contributed by atoms with Crippen molar-refractivity contribution in [2.24, 2.45) is 0 Å². The van der Waals surface area contributed by atoms with E-state index in [2.05, 4.69) is 10.1 Å². The third kappa shape index (κ3) is 5.59. The molecule has 0 aliphatic carbocycles. The van der Waals surface area contributed by atoms with E-state index in [1.54, 1.807) is 30.5 Å². The molecule has 4 aromatic rings. The maximum absolute atomic E-state index is 11.2. The van der Waals surface area contributed by atoms with Crippen molar-refractivity contribution in [2.45, 2.75) is 19.3 Å². The largest absolute Gasteiger partial charge is 0.776 e. The lowest BCUT2D eigenvalue weighted by Gasteiger charge is -2.14. The first kappa shape index (κ1) is 21.7. The van der Waals surface area contributed by atoms with Crippen LogP contribution >= 0.6 is 7.60 Å². The fourth-order valence-electron chi connectivity index (χ4n) is 3.16. The Morgan fingerprint density at radius 3 is 2.62 bits per heavy atom. The highest BCUT2D eigenvalue weighted by atomic mass is 31.2. The zero-order valence-corrected chi connectivity index (χ0v) is 17.9. The van der Waals surface area contributed by atoms with Crippen molar-refractivity contribution in [3.63, 3.8) is 0 Å². The number of anilines is 1. The van der Waals surface area contributed by atoms with Crippen molar-refractivity contribution in [1.29, 1.82) is 0 Å². The third-order valence-corrected chi connectivity index (χ3v) is 5.36. The second kappa shape index (κ2) is 9.32. The van der Waals surface area contributed by atoms with E-state index in [0.717, 1.165) is 11.1 Å². The molecule has 32 heavy (non-hydrogen) atoms. The topological polar surface area (TPSA) is 138 Å². The molecule has 1 unspecified atom stereocenters. The maximum atomic E-state index is 11.2. The molecule has 3 heterocycles. The van der Waals surface area contributed by atoms with E-state index in [4.69, 9.17) is 19.9 Å². The van der Waals surface area contributed by atoms with Crippen molar-refractivity contribution in [3.8, 4) is 17.2 Å². The molecular weight excluding hydrogens is 431 g/mol. The Labute approximate surface area is 184 Å². The molecule has 0 saturated carbocycles. The van der Waals surface area contributed by atoms with Crippen molar-refractivity contribution < 1.29 is 28.2 Å². The van der Waals surface area contributed by atoms with Crippen LogP contribution in [0.1, 0.15) is 16.8 Å². The lowest BCUT2D eigenvalue weighted by molar-refractivity contribution is -0.667. The van der Waals surface area contributed by atoms with Gasteiger partial charge in [-0.3, -0.25) is 5.73 Å². The minimum absolute atomic E-state index is 0.151. The maximum Gasteiger partial charge on any atom is 0.284 e. The summed E-state index contributed by atoms with van der Waals surface area (Å²) >= 11 is 0. The first-order valence-corrected chi connectivity index (χ1v) is 11.5. The van der Waals surface area contributed by atoms with Gasteiger partial charge in [-0.05, 0) is 29.3 Å². The molecule has 0 spiro atoms. The number of nitrogens with zero attached hydrogens (tertiary/aromatic N) is 3. The number of aromatic nitrogens is 3. The molecule has 1 atom stereocenters. The normalized spacial score (nSPS) is 12.9. The SMILES string of the molecule is Nc1c(-c2cc(Cc3ccc(COc4ccccn4)cc3)no2)ccc[n+]1CP(=O)([O-])O. The fourth-order valence-corrected chi connectivity index (χ4v) is 3.79. The zero-order chi connectivity index (χ0) is 22.6. The van der Waals surface area contributed by atoms with Gasteiger partial charge < -0.3 is 23.6 Å². The Morgan fingerprint density at radius 2 is 1.91 bits per heavy atom. The van der Waals surface area contributed by atoms with E-state index in [-0.39, 0.29) is 5.82 Å². The second-order valence-electron chi connectivity index (χ2n) is 7.19. The molecule has 10 heteroatoms. The average molecular weight is 452 g/mol. The van der Waals surface area contributed by atoms with Gasteiger partial charge in [0, 0.05) is 24.8 Å². The van der Waals surface area contributed by atoms with Gasteiger partial charge in [-0.25, -0.2) is 9.55 Å². The smallest absolute Gasteiger partial charge is 0.284 e. The van der Waals surface area contributed by atoms with Crippen LogP contribution in [0.5, 0.6) is 5.88 Å². The number of hydrogen-bond donors (Lipinski definition) is 2. The first-order valence-electron chi connectivity index (χ1n) is 9.76. The van der Waals surface area contributed by atoms with E-state index in [1.807, 2.05) is 36.4 Å². The summed E-state index contributed by atoms with van der Waals surface area (Å²) in [6.45, 7) is 0.419. The molecule has 0 saturated heterocycles. The summed E-state index contributed by atoms with van der Waals surface area (Å²) in [7, 11) is -4.52. The second-order valence-corrected chi connectivity index (χ2v) is 8.75. The highest BCUT2D eigenvalue weighted by molar-refractivity contribution is 7.48. The number of nitrogens with two attached hydrogens (primary N) is 1. The van der Waals surface area contributed by atoms with Crippen LogP contribution in [0.3, 0.4) is 0 Å². The molecule has 164 valence electrons. The minimum atomic E-state index is -4.52. The molecule has 0 amide bonds. The highest BCUT2D eigenvalue weighted by Gasteiger charge is 2.19. The molecule has 3 aromatic heterocycles. The van der Waals surface area contributed by atoms with Gasteiger partial charge in [-0.15, -0.1) is 0 Å². The molecule has 9 nitrogen and oxygen atoms in total. The Kier molecular flexibility index (Phi) is 6.32. The van der Waals surface area contributed by atoms with Crippen LogP contribution in [0, 0.1) is 0 Å². The standard InChI is InChI=1S/C22H21N4O5P/c23-22-19(4-3-11-26(22)15-32(27,28)29)20-13-18(25-31-20)12-16-6-8-17(9-7-16)14-30-21-5-1-2-10-24-21/h1-11,13,23H,12,14-15H2,(H2,27,28,29). The number of nitrogen functional groups attached to an aromatic ring is 1. The zero-order valence-electron chi connectivity index (χ0n) is 17.0. The molecule has 3 N–H and O–H groups in total. The fraction of sp³-hybridized carbons (Fsp3) is 0.136. The van der Waals surface area contributed by atoms with Gasteiger partial charge in [-0.1, -0.05) is 35.5 Å². The van der Waals surface area contributed by atoms with Gasteiger partial charge in [0.05, 0.1) is 11.9 Å². The molecule has 1 aromatic carbocycles. The third-order valence-electron chi connectivity index (χ3n) is 4.70. The monoisotopic (exact) mass is 452 g/mol. The molecule has 4 rings (SSSR count). The van der Waals surface area contributed by atoms with E-state index in [0.29, 0.717) is 35.9 Å². The Balaban J connectivity index is 1.42. The number of hydrogen-bond acceptors (Lipinski definition) is 7. The van der Waals surface area contributed by atoms with Crippen LogP contribution < -0.4 is 19.9 Å². The van der Waals surface area contributed by atoms with Crippen molar-refractivity contribution in [3.05, 3.63) is 89.9 Å². The lowest BCUT2D eigenvalue weighted by atomic mass is 10.1. The summed E-state index contributed by atoms with van der Waals surface area (Å²) in [6.07, 6.45) is 3.08. The van der Waals surface area contributed by atoms with Crippen LogP contribution in [0.2, 0.25) is 0 Å². The van der Waals surface area contributed by atoms with Crippen LogP contribution in [-0.4, -0.2) is 15.0 Å². The highest BCUT2D eigenvalue weighted by Crippen LogP contribution is 2.30. The van der Waals surface area contributed by atoms with Gasteiger partial charge in [0.15, 0.2) is 19.6 Å². The summed E-state index contributed by atoms with van der Waals surface area (Å²) in [6, 6.07) is 18.5. The molecule has 0 radical (unpaired) electrons. The predicted octanol–water partition coefficient (Wildman–Crippen LogP) is 2.28. The van der Waals surface area contributed by atoms with Gasteiger partial charge in [0.2, 0.25) is 5.88 Å². The molecule has 0 bridgehead atoms. The summed E-state index contributed by atoms with van der Waals surface area (Å²) in [5.41, 5.74) is 9.30. The molecular formula is C22H21N4O5P. The van der Waals surface area contributed by atoms with E-state index < -0.39 is 13.9 Å². The van der Waals surface area contributed by atoms with E-state index >= 15 is 0 Å². The van der Waals surface area contributed by atoms with Crippen LogP contribution in [0.15, 0.2) is 77.6 Å². The molecule has 0 aliphatic heterocycles. The first-order chi connectivity index (χ1) is 15.4. The predicted molar refractivity (Wildman–Crippen MR) is 114 cm³/mol. The minimum Gasteiger partial charge on any atom is -0.776 e. The number of rotatable bonds is 8. The van der Waals surface area contributed by atoms with E-state index in [1.165, 1.54) is 10.8 Å². The lowest BCUT2D eigenvalue weighted by Crippen LogP contribution is -2.38. The van der Waals surface area contributed by atoms with Crippen molar-refractivity contribution >= 4 is 13.4 Å². The number of benzene rings is 1. The average Bonchev–Trinajstić information content (AvgIpc) is 3.23. The Hall–Kier alpha value is -3.52. The Bertz CT molecular complexity index is 1240. The summed E-state index contributed by atoms with van der Waals surface area (Å²) < 4.78 is 23.5. The van der Waals surface area contributed by atoms with Crippen LogP contribution in [-0.2, 0) is 23.9 Å². The van der Waals surface area contributed by atoms with Crippen LogP contribution in [0.25, 0.3) is 11.3 Å². The quantitative estimate of drug-likeness (QED) is 0.307. The summed E-state index contributed by atoms with van der Waals surface area (Å²) in [5.74, 6) is 1.13. The van der Waals surface area contributed by atoms with Crippen LogP contribution in [0.4, 0.5) is 5.82 Å². The Morgan fingerprint density at radius 1 is 1.12 bits per heavy atom. The van der Waals surface area contributed by atoms with Gasteiger partial charge in [0.25, 0.3) is 5.82 Å². The van der Waals surface area contributed by atoms with E-state index in [9.17, 15) is 9.46 Å². The molecule has 0 fully saturated rings. The van der Waals surface area contributed by atoms with Crippen molar-refractivity contribution in [1.82, 2.24) is 10.1 Å². The van der Waals surface area contributed by atoms with Gasteiger partial charge in [-0.2, -0.15) is 0 Å². The number of pyridine rings is 2.